The van der Waals surface area contributed by atoms with Crippen molar-refractivity contribution in [3.63, 3.8) is 0 Å². The Labute approximate surface area is 40.8 Å². The molecule has 1 aromatic heterocycles. The van der Waals surface area contributed by atoms with Gasteiger partial charge in [0.25, 0.3) is 0 Å². The number of pyridine rings is 1. The van der Waals surface area contributed by atoms with Crippen LogP contribution in [0.15, 0.2) is 18.2 Å². The van der Waals surface area contributed by atoms with Crippen molar-refractivity contribution in [3.05, 3.63) is 18.2 Å². The minimum Gasteiger partial charge on any atom is -0.420 e. The summed E-state index contributed by atoms with van der Waals surface area (Å²) in [5.41, 5.74) is 0. The Balaban J connectivity index is 2.78. The summed E-state index contributed by atoms with van der Waals surface area (Å²) in [6.07, 6.45) is 0. The fraction of sp³-hybridized carbons (Fsp3) is 0. The average Bonchev–Trinajstić information content (AvgIpc) is 1.67. The van der Waals surface area contributed by atoms with Crippen molar-refractivity contribution in [2.75, 3.05) is 0 Å². The highest BCUT2D eigenvalue weighted by Gasteiger charge is 2.08. The largest absolute Gasteiger partial charge is 0.420 e. The number of ether oxygens (including phenoxy) is 1. The summed E-state index contributed by atoms with van der Waals surface area (Å²) in [7, 11) is 0. The standard InChI is InChI=1S/C5H3NO/c1-2-4-6-5(3-1)7-4/h1-3H. The first-order chi connectivity index (χ1) is 3.45. The zero-order valence-electron chi connectivity index (χ0n) is 3.59. The summed E-state index contributed by atoms with van der Waals surface area (Å²) < 4.78 is 4.90. The third kappa shape index (κ3) is 0.257. The van der Waals surface area contributed by atoms with Gasteiger partial charge in [0.15, 0.2) is 0 Å². The van der Waals surface area contributed by atoms with Crippen LogP contribution in [0.25, 0.3) is 0 Å². The number of rotatable bonds is 0. The highest BCUT2D eigenvalue weighted by atomic mass is 16.5. The molecule has 1 aromatic rings. The Kier molecular flexibility index (Phi) is 0.336. The Morgan fingerprint density at radius 2 is 1.86 bits per heavy atom. The van der Waals surface area contributed by atoms with Crippen LogP contribution in [0.5, 0.6) is 11.8 Å². The van der Waals surface area contributed by atoms with Gasteiger partial charge < -0.3 is 4.74 Å². The number of fused-ring (bicyclic) bond motifs is 2. The molecular weight excluding hydrogens is 90.1 g/mol. The number of aromatic nitrogens is 1. The van der Waals surface area contributed by atoms with Crippen LogP contribution in [0.1, 0.15) is 0 Å². The molecule has 0 fully saturated rings. The lowest BCUT2D eigenvalue weighted by molar-refractivity contribution is 0.377. The summed E-state index contributed by atoms with van der Waals surface area (Å²) in [4.78, 5) is 3.90. The summed E-state index contributed by atoms with van der Waals surface area (Å²) in [6, 6.07) is 5.57. The van der Waals surface area contributed by atoms with Crippen molar-refractivity contribution < 1.29 is 4.74 Å². The minimum atomic E-state index is 0.734. The number of hydrogen-bond acceptors (Lipinski definition) is 2. The molecule has 3 heterocycles. The lowest BCUT2D eigenvalue weighted by Crippen LogP contribution is -1.98. The maximum Gasteiger partial charge on any atom is 0.224 e. The molecule has 0 amide bonds. The molecule has 2 heteroatoms. The smallest absolute Gasteiger partial charge is 0.224 e. The summed E-state index contributed by atoms with van der Waals surface area (Å²) in [5.74, 6) is 1.47. The van der Waals surface area contributed by atoms with Crippen molar-refractivity contribution >= 4 is 0 Å². The molecule has 2 aliphatic heterocycles. The molecule has 0 saturated carbocycles. The fourth-order valence-corrected chi connectivity index (χ4v) is 0.578. The first-order valence-corrected chi connectivity index (χ1v) is 2.10. The van der Waals surface area contributed by atoms with Gasteiger partial charge in [-0.3, -0.25) is 0 Å². The van der Waals surface area contributed by atoms with Crippen LogP contribution in [0, 0.1) is 0 Å². The van der Waals surface area contributed by atoms with Crippen molar-refractivity contribution in [1.82, 2.24) is 4.98 Å². The van der Waals surface area contributed by atoms with Crippen LogP contribution in [-0.4, -0.2) is 4.98 Å². The Morgan fingerprint density at radius 1 is 1.29 bits per heavy atom. The van der Waals surface area contributed by atoms with E-state index in [-0.39, 0.29) is 0 Å². The third-order valence-electron chi connectivity index (χ3n) is 0.907. The van der Waals surface area contributed by atoms with E-state index in [1.54, 1.807) is 0 Å². The number of nitrogens with zero attached hydrogens (tertiary/aromatic N) is 1. The van der Waals surface area contributed by atoms with Crippen LogP contribution < -0.4 is 4.74 Å². The molecule has 0 saturated heterocycles. The zero-order valence-corrected chi connectivity index (χ0v) is 3.59. The lowest BCUT2D eigenvalue weighted by atomic mass is 10.4. The first-order valence-electron chi connectivity index (χ1n) is 2.10. The SMILES string of the molecule is c1cc2nc(c1)O2. The molecule has 0 unspecified atom stereocenters. The molecule has 3 rings (SSSR count). The van der Waals surface area contributed by atoms with Gasteiger partial charge >= 0.3 is 0 Å². The normalized spacial score (nSPS) is 12.0. The molecule has 2 nitrogen and oxygen atoms in total. The van der Waals surface area contributed by atoms with Crippen molar-refractivity contribution in [1.29, 1.82) is 0 Å². The molecule has 0 N–H and O–H groups in total. The summed E-state index contributed by atoms with van der Waals surface area (Å²) >= 11 is 0. The Bertz CT molecular complexity index is 172. The van der Waals surface area contributed by atoms with Gasteiger partial charge in [0.1, 0.15) is 0 Å². The molecular formula is C5H3NO. The van der Waals surface area contributed by atoms with Crippen LogP contribution >= 0.6 is 0 Å². The maximum absolute atomic E-state index is 4.90. The van der Waals surface area contributed by atoms with E-state index < -0.39 is 0 Å². The van der Waals surface area contributed by atoms with Crippen molar-refractivity contribution in [3.8, 4) is 11.8 Å². The van der Waals surface area contributed by atoms with Crippen molar-refractivity contribution in [2.45, 2.75) is 0 Å². The molecule has 2 aliphatic rings. The quantitative estimate of drug-likeness (QED) is 0.488. The first kappa shape index (κ1) is 3.02. The molecule has 7 heavy (non-hydrogen) atoms. The van der Waals surface area contributed by atoms with Crippen LogP contribution in [0.4, 0.5) is 0 Å². The van der Waals surface area contributed by atoms with E-state index in [0.29, 0.717) is 0 Å². The van der Waals surface area contributed by atoms with E-state index in [9.17, 15) is 0 Å². The fourth-order valence-electron chi connectivity index (χ4n) is 0.578. The van der Waals surface area contributed by atoms with E-state index in [1.165, 1.54) is 0 Å². The van der Waals surface area contributed by atoms with E-state index in [2.05, 4.69) is 4.98 Å². The monoisotopic (exact) mass is 93.0 g/mol. The van der Waals surface area contributed by atoms with Crippen molar-refractivity contribution in [2.24, 2.45) is 0 Å². The molecule has 0 radical (unpaired) electrons. The molecule has 0 aliphatic carbocycles. The zero-order chi connectivity index (χ0) is 4.69. The summed E-state index contributed by atoms with van der Waals surface area (Å²) in [5, 5.41) is 0. The van der Waals surface area contributed by atoms with Gasteiger partial charge in [-0.2, -0.15) is 4.98 Å². The molecule has 0 aromatic carbocycles. The second-order valence-corrected chi connectivity index (χ2v) is 1.42. The highest BCUT2D eigenvalue weighted by molar-refractivity contribution is 5.30. The maximum atomic E-state index is 4.90. The van der Waals surface area contributed by atoms with Crippen LogP contribution in [0.3, 0.4) is 0 Å². The highest BCUT2D eigenvalue weighted by Crippen LogP contribution is 2.26. The van der Waals surface area contributed by atoms with Crippen LogP contribution in [0.2, 0.25) is 0 Å². The number of hydrogen-bond donors (Lipinski definition) is 0. The molecule has 2 bridgehead atoms. The van der Waals surface area contributed by atoms with Gasteiger partial charge in [-0.05, 0) is 0 Å². The van der Waals surface area contributed by atoms with Gasteiger partial charge in [0.05, 0.1) is 0 Å². The summed E-state index contributed by atoms with van der Waals surface area (Å²) in [6.45, 7) is 0. The van der Waals surface area contributed by atoms with Gasteiger partial charge in [0.2, 0.25) is 11.8 Å². The predicted molar refractivity (Wildman–Crippen MR) is 24.3 cm³/mol. The minimum absolute atomic E-state index is 0.734. The molecule has 0 atom stereocenters. The van der Waals surface area contributed by atoms with Gasteiger partial charge in [0, 0.05) is 12.1 Å². The lowest BCUT2D eigenvalue weighted by Gasteiger charge is -2.11. The van der Waals surface area contributed by atoms with E-state index in [4.69, 9.17) is 4.74 Å². The third-order valence-corrected chi connectivity index (χ3v) is 0.907. The van der Waals surface area contributed by atoms with E-state index in [0.717, 1.165) is 11.8 Å². The van der Waals surface area contributed by atoms with Gasteiger partial charge in [-0.1, -0.05) is 6.07 Å². The van der Waals surface area contributed by atoms with Gasteiger partial charge in [-0.15, -0.1) is 0 Å². The van der Waals surface area contributed by atoms with E-state index >= 15 is 0 Å². The van der Waals surface area contributed by atoms with Crippen LogP contribution in [-0.2, 0) is 0 Å². The average molecular weight is 93.1 g/mol. The molecule has 0 spiro atoms. The Morgan fingerprint density at radius 3 is 2.00 bits per heavy atom. The molecule has 34 valence electrons. The van der Waals surface area contributed by atoms with E-state index in [1.807, 2.05) is 18.2 Å². The Hall–Kier alpha value is -1.05. The van der Waals surface area contributed by atoms with Gasteiger partial charge in [-0.25, -0.2) is 0 Å². The predicted octanol–water partition coefficient (Wildman–Crippen LogP) is 1.19. The second-order valence-electron chi connectivity index (χ2n) is 1.42. The topological polar surface area (TPSA) is 22.1 Å². The second kappa shape index (κ2) is 0.780.